The predicted molar refractivity (Wildman–Crippen MR) is 70.7 cm³/mol. The number of hydrogen-bond acceptors (Lipinski definition) is 4. The van der Waals surface area contributed by atoms with E-state index < -0.39 is 0 Å². The van der Waals surface area contributed by atoms with Crippen LogP contribution in [0.3, 0.4) is 0 Å². The molecule has 1 aromatic heterocycles. The molecule has 4 rings (SSSR count). The monoisotopic (exact) mass is 255 g/mol. The van der Waals surface area contributed by atoms with Crippen molar-refractivity contribution in [3.05, 3.63) is 47.1 Å². The lowest BCUT2D eigenvalue weighted by molar-refractivity contribution is 0.359. The van der Waals surface area contributed by atoms with Gasteiger partial charge in [0.15, 0.2) is 5.82 Å². The number of nitrogens with zero attached hydrogens (tertiary/aromatic N) is 2. The van der Waals surface area contributed by atoms with Crippen molar-refractivity contribution < 1.29 is 4.52 Å². The largest absolute Gasteiger partial charge is 0.338 e. The Morgan fingerprint density at radius 3 is 3.00 bits per heavy atom. The van der Waals surface area contributed by atoms with Crippen LogP contribution in [-0.2, 0) is 13.0 Å². The van der Waals surface area contributed by atoms with E-state index in [-0.39, 0.29) is 0 Å². The second kappa shape index (κ2) is 4.46. The van der Waals surface area contributed by atoms with Crippen molar-refractivity contribution >= 4 is 0 Å². The van der Waals surface area contributed by atoms with Gasteiger partial charge in [-0.05, 0) is 42.9 Å². The molecule has 4 nitrogen and oxygen atoms in total. The molecule has 0 aliphatic heterocycles. The lowest BCUT2D eigenvalue weighted by Gasteiger charge is -2.27. The van der Waals surface area contributed by atoms with E-state index in [0.29, 0.717) is 18.4 Å². The highest BCUT2D eigenvalue weighted by molar-refractivity contribution is 5.43. The van der Waals surface area contributed by atoms with Gasteiger partial charge in [0.2, 0.25) is 5.89 Å². The van der Waals surface area contributed by atoms with Gasteiger partial charge in [-0.3, -0.25) is 0 Å². The zero-order valence-electron chi connectivity index (χ0n) is 10.8. The third kappa shape index (κ3) is 2.16. The van der Waals surface area contributed by atoms with Gasteiger partial charge in [0.1, 0.15) is 0 Å². The van der Waals surface area contributed by atoms with Gasteiger partial charge in [0.05, 0.1) is 12.5 Å². The normalized spacial score (nSPS) is 20.9. The molecule has 0 amide bonds. The second-order valence-electron chi connectivity index (χ2n) is 5.58. The summed E-state index contributed by atoms with van der Waals surface area (Å²) in [5.74, 6) is 2.75. The molecule has 1 saturated carbocycles. The maximum Gasteiger partial charge on any atom is 0.240 e. The minimum atomic E-state index is 0.331. The third-order valence-electron chi connectivity index (χ3n) is 4.06. The van der Waals surface area contributed by atoms with Crippen molar-refractivity contribution in [2.24, 2.45) is 5.92 Å². The Hall–Kier alpha value is -1.68. The van der Waals surface area contributed by atoms with E-state index in [2.05, 4.69) is 39.7 Å². The number of benzene rings is 1. The van der Waals surface area contributed by atoms with Crippen LogP contribution in [0, 0.1) is 5.92 Å². The number of rotatable bonds is 5. The van der Waals surface area contributed by atoms with E-state index in [1.807, 2.05) is 0 Å². The molecule has 0 saturated heterocycles. The lowest BCUT2D eigenvalue weighted by atomic mass is 9.77. The molecule has 1 N–H and O–H groups in total. The smallest absolute Gasteiger partial charge is 0.240 e. The van der Waals surface area contributed by atoms with Crippen molar-refractivity contribution in [3.63, 3.8) is 0 Å². The summed E-state index contributed by atoms with van der Waals surface area (Å²) in [6.45, 7) is 1.77. The third-order valence-corrected chi connectivity index (χ3v) is 4.06. The Morgan fingerprint density at radius 1 is 1.26 bits per heavy atom. The number of hydrogen-bond donors (Lipinski definition) is 1. The molecule has 1 heterocycles. The molecule has 4 heteroatoms. The summed E-state index contributed by atoms with van der Waals surface area (Å²) in [4.78, 5) is 4.51. The van der Waals surface area contributed by atoms with E-state index in [1.165, 1.54) is 24.0 Å². The van der Waals surface area contributed by atoms with Crippen molar-refractivity contribution in [1.29, 1.82) is 0 Å². The Kier molecular flexibility index (Phi) is 2.62. The fourth-order valence-electron chi connectivity index (χ4n) is 2.68. The zero-order valence-corrected chi connectivity index (χ0v) is 10.8. The van der Waals surface area contributed by atoms with Crippen molar-refractivity contribution in [1.82, 2.24) is 15.5 Å². The molecule has 2 aromatic rings. The first-order chi connectivity index (χ1) is 9.40. The molecular weight excluding hydrogens is 238 g/mol. The SMILES string of the molecule is c1ccc2c(c1)CC2c1noc(CNCC2CC2)n1. The quantitative estimate of drug-likeness (QED) is 0.890. The Morgan fingerprint density at radius 2 is 2.16 bits per heavy atom. The van der Waals surface area contributed by atoms with Crippen LogP contribution >= 0.6 is 0 Å². The van der Waals surface area contributed by atoms with Crippen molar-refractivity contribution in [2.45, 2.75) is 31.7 Å². The molecular formula is C15H17N3O. The van der Waals surface area contributed by atoms with E-state index >= 15 is 0 Å². The van der Waals surface area contributed by atoms with Gasteiger partial charge in [-0.1, -0.05) is 29.4 Å². The Bertz CT molecular complexity index is 589. The molecule has 1 atom stereocenters. The summed E-state index contributed by atoms with van der Waals surface area (Å²) in [5, 5.41) is 7.50. The van der Waals surface area contributed by atoms with Crippen molar-refractivity contribution in [2.75, 3.05) is 6.54 Å². The molecule has 98 valence electrons. The van der Waals surface area contributed by atoms with Crippen LogP contribution < -0.4 is 5.32 Å². The van der Waals surface area contributed by atoms with Gasteiger partial charge in [-0.2, -0.15) is 4.98 Å². The molecule has 19 heavy (non-hydrogen) atoms. The van der Waals surface area contributed by atoms with Crippen LogP contribution in [0.15, 0.2) is 28.8 Å². The van der Waals surface area contributed by atoms with E-state index in [9.17, 15) is 0 Å². The van der Waals surface area contributed by atoms with Crippen LogP contribution in [0.1, 0.15) is 41.6 Å². The summed E-state index contributed by atoms with van der Waals surface area (Å²) < 4.78 is 5.32. The minimum absolute atomic E-state index is 0.331. The van der Waals surface area contributed by atoms with Gasteiger partial charge in [-0.25, -0.2) is 0 Å². The van der Waals surface area contributed by atoms with Gasteiger partial charge >= 0.3 is 0 Å². The van der Waals surface area contributed by atoms with Crippen molar-refractivity contribution in [3.8, 4) is 0 Å². The molecule has 1 aromatic carbocycles. The summed E-state index contributed by atoms with van der Waals surface area (Å²) in [7, 11) is 0. The van der Waals surface area contributed by atoms with E-state index in [4.69, 9.17) is 4.52 Å². The lowest BCUT2D eigenvalue weighted by Crippen LogP contribution is -2.19. The van der Waals surface area contributed by atoms with Crippen LogP contribution in [0.5, 0.6) is 0 Å². The van der Waals surface area contributed by atoms with Gasteiger partial charge in [-0.15, -0.1) is 0 Å². The highest BCUT2D eigenvalue weighted by Crippen LogP contribution is 2.38. The first-order valence-corrected chi connectivity index (χ1v) is 7.01. The highest BCUT2D eigenvalue weighted by Gasteiger charge is 2.30. The fourth-order valence-corrected chi connectivity index (χ4v) is 2.68. The van der Waals surface area contributed by atoms with E-state index in [0.717, 1.165) is 24.7 Å². The summed E-state index contributed by atoms with van der Waals surface area (Å²) >= 11 is 0. The van der Waals surface area contributed by atoms with Crippen LogP contribution in [0.25, 0.3) is 0 Å². The summed E-state index contributed by atoms with van der Waals surface area (Å²) in [6.07, 6.45) is 3.76. The van der Waals surface area contributed by atoms with Gasteiger partial charge in [0, 0.05) is 0 Å². The van der Waals surface area contributed by atoms with Gasteiger partial charge in [0.25, 0.3) is 0 Å². The second-order valence-corrected chi connectivity index (χ2v) is 5.58. The molecule has 0 radical (unpaired) electrons. The molecule has 0 bridgehead atoms. The summed E-state index contributed by atoms with van der Waals surface area (Å²) in [6, 6.07) is 8.48. The van der Waals surface area contributed by atoms with Crippen LogP contribution in [0.2, 0.25) is 0 Å². The molecule has 1 unspecified atom stereocenters. The first kappa shape index (κ1) is 11.2. The summed E-state index contributed by atoms with van der Waals surface area (Å²) in [5.41, 5.74) is 2.76. The van der Waals surface area contributed by atoms with Crippen LogP contribution in [-0.4, -0.2) is 16.7 Å². The zero-order chi connectivity index (χ0) is 12.7. The number of fused-ring (bicyclic) bond motifs is 1. The predicted octanol–water partition coefficient (Wildman–Crippen LogP) is 2.26. The van der Waals surface area contributed by atoms with E-state index in [1.54, 1.807) is 0 Å². The highest BCUT2D eigenvalue weighted by atomic mass is 16.5. The minimum Gasteiger partial charge on any atom is -0.338 e. The van der Waals surface area contributed by atoms with Crippen LogP contribution in [0.4, 0.5) is 0 Å². The Labute approximate surface area is 112 Å². The first-order valence-electron chi connectivity index (χ1n) is 7.01. The fraction of sp³-hybridized carbons (Fsp3) is 0.467. The number of nitrogens with one attached hydrogen (secondary N) is 1. The molecule has 2 aliphatic rings. The molecule has 0 spiro atoms. The maximum absolute atomic E-state index is 5.32. The maximum atomic E-state index is 5.32. The average molecular weight is 255 g/mol. The van der Waals surface area contributed by atoms with Gasteiger partial charge < -0.3 is 9.84 Å². The molecule has 1 fully saturated rings. The standard InChI is InChI=1S/C15H17N3O/c1-2-4-12-11(3-1)7-13(12)15-17-14(19-18-15)9-16-8-10-5-6-10/h1-4,10,13,16H,5-9H2. The topological polar surface area (TPSA) is 51.0 Å². The Balaban J connectivity index is 1.41. The molecule has 2 aliphatic carbocycles. The average Bonchev–Trinajstić information content (AvgIpc) is 3.10. The number of aromatic nitrogens is 2.